The van der Waals surface area contributed by atoms with Gasteiger partial charge in [-0.2, -0.15) is 0 Å². The summed E-state index contributed by atoms with van der Waals surface area (Å²) in [5.74, 6) is 1.20. The molecular weight excluding hydrogens is 470 g/mol. The Kier molecular flexibility index (Phi) is 7.38. The molecule has 1 aliphatic heterocycles. The average molecular weight is 498 g/mol. The number of amides is 2. The lowest BCUT2D eigenvalue weighted by Gasteiger charge is -2.26. The average Bonchev–Trinajstić information content (AvgIpc) is 3.50. The first-order chi connectivity index (χ1) is 16.4. The van der Waals surface area contributed by atoms with Crippen LogP contribution in [0.25, 0.3) is 0 Å². The lowest BCUT2D eigenvalue weighted by atomic mass is 10.1. The van der Waals surface area contributed by atoms with Crippen LogP contribution in [0.5, 0.6) is 5.75 Å². The Balaban J connectivity index is 1.52. The third kappa shape index (κ3) is 5.34. The van der Waals surface area contributed by atoms with Gasteiger partial charge < -0.3 is 19.9 Å². The Morgan fingerprint density at radius 1 is 1.29 bits per heavy atom. The Bertz CT molecular complexity index is 1180. The number of carbonyl (C=O) groups is 2. The molecule has 1 aliphatic rings. The van der Waals surface area contributed by atoms with Crippen LogP contribution in [0.15, 0.2) is 51.8 Å². The van der Waals surface area contributed by atoms with E-state index in [0.717, 1.165) is 32.0 Å². The normalized spacial score (nSPS) is 15.3. The van der Waals surface area contributed by atoms with Gasteiger partial charge in [0.05, 0.1) is 29.1 Å². The molecule has 34 heavy (non-hydrogen) atoms. The van der Waals surface area contributed by atoms with E-state index in [1.54, 1.807) is 48.8 Å². The van der Waals surface area contributed by atoms with Gasteiger partial charge in [0.1, 0.15) is 11.6 Å². The molecule has 1 saturated heterocycles. The minimum Gasteiger partial charge on any atom is -0.496 e. The van der Waals surface area contributed by atoms with Gasteiger partial charge in [-0.1, -0.05) is 29.2 Å². The van der Waals surface area contributed by atoms with Crippen molar-refractivity contribution in [3.05, 3.63) is 53.9 Å². The number of hydrogen-bond donors (Lipinski definition) is 1. The van der Waals surface area contributed by atoms with Crippen LogP contribution in [0.3, 0.4) is 0 Å². The van der Waals surface area contributed by atoms with Gasteiger partial charge in [0.15, 0.2) is 5.13 Å². The number of rotatable bonds is 7. The molecule has 1 N–H and O–H groups in total. The molecule has 4 rings (SSSR count). The summed E-state index contributed by atoms with van der Waals surface area (Å²) >= 11 is 3.08. The fourth-order valence-electron chi connectivity index (χ4n) is 3.83. The first kappa shape index (κ1) is 24.0. The van der Waals surface area contributed by atoms with Crippen molar-refractivity contribution in [2.75, 3.05) is 32.6 Å². The van der Waals surface area contributed by atoms with Crippen LogP contribution in [0, 0.1) is 6.92 Å². The molecule has 178 valence electrons. The number of methoxy groups -OCH3 is 1. The summed E-state index contributed by atoms with van der Waals surface area (Å²) in [5.41, 5.74) is 1.52. The zero-order valence-corrected chi connectivity index (χ0v) is 21.2. The van der Waals surface area contributed by atoms with E-state index in [1.165, 1.54) is 11.3 Å². The molecule has 0 bridgehead atoms. The van der Waals surface area contributed by atoms with E-state index >= 15 is 0 Å². The number of likely N-dealkylation sites (N-methyl/N-ethyl adjacent to an activating group) is 1. The fourth-order valence-corrected chi connectivity index (χ4v) is 5.77. The van der Waals surface area contributed by atoms with Gasteiger partial charge in [-0.15, -0.1) is 0 Å². The van der Waals surface area contributed by atoms with Crippen molar-refractivity contribution in [1.29, 1.82) is 0 Å². The zero-order valence-electron chi connectivity index (χ0n) is 19.6. The molecule has 0 radical (unpaired) electrons. The number of likely N-dealkylation sites (tertiary alicyclic amines) is 1. The number of benzene rings is 1. The van der Waals surface area contributed by atoms with E-state index in [1.807, 2.05) is 43.5 Å². The SMILES string of the molecule is COc1cc(C)c(Sc2cnc(Nc3ccccn3)s2)cc1C(=O)N(C)[C@@H]1CCN(C(C)=O)C1. The molecule has 10 heteroatoms. The maximum absolute atomic E-state index is 13.4. The van der Waals surface area contributed by atoms with Crippen molar-refractivity contribution in [2.45, 2.75) is 35.4 Å². The number of aryl methyl sites for hydroxylation is 1. The summed E-state index contributed by atoms with van der Waals surface area (Å²) in [6.07, 6.45) is 4.31. The van der Waals surface area contributed by atoms with Gasteiger partial charge in [0, 0.05) is 38.2 Å². The van der Waals surface area contributed by atoms with Crippen LogP contribution < -0.4 is 10.1 Å². The van der Waals surface area contributed by atoms with Crippen molar-refractivity contribution >= 4 is 45.9 Å². The Morgan fingerprint density at radius 3 is 2.79 bits per heavy atom. The second-order valence-corrected chi connectivity index (χ2v) is 10.4. The van der Waals surface area contributed by atoms with Gasteiger partial charge in [0.25, 0.3) is 5.91 Å². The molecule has 0 saturated carbocycles. The van der Waals surface area contributed by atoms with Crippen LogP contribution in [0.1, 0.15) is 29.3 Å². The van der Waals surface area contributed by atoms with Crippen molar-refractivity contribution in [3.63, 3.8) is 0 Å². The van der Waals surface area contributed by atoms with Crippen molar-refractivity contribution in [2.24, 2.45) is 0 Å². The van der Waals surface area contributed by atoms with Crippen LogP contribution in [-0.4, -0.2) is 64.9 Å². The first-order valence-electron chi connectivity index (χ1n) is 10.9. The number of carbonyl (C=O) groups excluding carboxylic acids is 2. The van der Waals surface area contributed by atoms with Crippen molar-refractivity contribution in [3.8, 4) is 5.75 Å². The predicted molar refractivity (Wildman–Crippen MR) is 134 cm³/mol. The van der Waals surface area contributed by atoms with E-state index in [-0.39, 0.29) is 17.9 Å². The highest BCUT2D eigenvalue weighted by Gasteiger charge is 2.31. The summed E-state index contributed by atoms with van der Waals surface area (Å²) in [4.78, 5) is 38.3. The number of nitrogens with one attached hydrogen (secondary N) is 1. The summed E-state index contributed by atoms with van der Waals surface area (Å²) in [6.45, 7) is 4.79. The number of pyridine rings is 1. The van der Waals surface area contributed by atoms with Crippen LogP contribution >= 0.6 is 23.1 Å². The highest BCUT2D eigenvalue weighted by Crippen LogP contribution is 2.39. The van der Waals surface area contributed by atoms with E-state index in [0.29, 0.717) is 24.4 Å². The Labute approximate surface area is 207 Å². The lowest BCUT2D eigenvalue weighted by molar-refractivity contribution is -0.127. The monoisotopic (exact) mass is 497 g/mol. The van der Waals surface area contributed by atoms with Crippen LogP contribution in [0.2, 0.25) is 0 Å². The maximum Gasteiger partial charge on any atom is 0.257 e. The fraction of sp³-hybridized carbons (Fsp3) is 0.333. The third-order valence-corrected chi connectivity index (χ3v) is 7.97. The Morgan fingerprint density at radius 2 is 2.12 bits per heavy atom. The van der Waals surface area contributed by atoms with Gasteiger partial charge >= 0.3 is 0 Å². The number of hydrogen-bond acceptors (Lipinski definition) is 8. The highest BCUT2D eigenvalue weighted by atomic mass is 32.2. The summed E-state index contributed by atoms with van der Waals surface area (Å²) in [6, 6.07) is 9.44. The number of aromatic nitrogens is 2. The quantitative estimate of drug-likeness (QED) is 0.516. The van der Waals surface area contributed by atoms with Crippen LogP contribution in [0.4, 0.5) is 10.9 Å². The molecule has 1 fully saturated rings. The number of thiazole rings is 1. The van der Waals surface area contributed by atoms with E-state index in [9.17, 15) is 9.59 Å². The molecule has 3 heterocycles. The van der Waals surface area contributed by atoms with Gasteiger partial charge in [-0.3, -0.25) is 9.59 Å². The number of anilines is 2. The lowest BCUT2D eigenvalue weighted by Crippen LogP contribution is -2.39. The molecule has 3 aromatic rings. The largest absolute Gasteiger partial charge is 0.496 e. The second-order valence-electron chi connectivity index (χ2n) is 8.07. The second kappa shape index (κ2) is 10.4. The van der Waals surface area contributed by atoms with E-state index < -0.39 is 0 Å². The molecule has 1 atom stereocenters. The van der Waals surface area contributed by atoms with E-state index in [2.05, 4.69) is 15.3 Å². The smallest absolute Gasteiger partial charge is 0.257 e. The minimum absolute atomic E-state index is 0.0137. The van der Waals surface area contributed by atoms with Crippen LogP contribution in [-0.2, 0) is 4.79 Å². The van der Waals surface area contributed by atoms with Gasteiger partial charge in [-0.25, -0.2) is 9.97 Å². The van der Waals surface area contributed by atoms with Gasteiger partial charge in [-0.05, 0) is 43.2 Å². The molecule has 1 aromatic carbocycles. The Hall–Kier alpha value is -3.11. The molecule has 8 nitrogen and oxygen atoms in total. The molecule has 0 spiro atoms. The topological polar surface area (TPSA) is 87.7 Å². The van der Waals surface area contributed by atoms with Crippen molar-refractivity contribution in [1.82, 2.24) is 19.8 Å². The zero-order chi connectivity index (χ0) is 24.2. The summed E-state index contributed by atoms with van der Waals surface area (Å²) in [7, 11) is 3.37. The standard InChI is InChI=1S/C24H27N5O3S2/c1-15-11-19(32-4)18(23(31)28(3)17-8-10-29(14-17)16(2)30)12-20(15)33-22-13-26-24(34-22)27-21-7-5-6-9-25-21/h5-7,9,11-13,17H,8,10,14H2,1-4H3,(H,25,26,27)/t17-/m1/s1. The molecule has 0 unspecified atom stereocenters. The highest BCUT2D eigenvalue weighted by molar-refractivity contribution is 8.01. The molecule has 2 amide bonds. The predicted octanol–water partition coefficient (Wildman–Crippen LogP) is 4.44. The third-order valence-electron chi connectivity index (χ3n) is 5.80. The minimum atomic E-state index is -0.115. The molecular formula is C24H27N5O3S2. The molecule has 2 aromatic heterocycles. The number of nitrogens with zero attached hydrogens (tertiary/aromatic N) is 4. The molecule has 0 aliphatic carbocycles. The number of ether oxygens (including phenoxy) is 1. The summed E-state index contributed by atoms with van der Waals surface area (Å²) < 4.78 is 6.54. The van der Waals surface area contributed by atoms with E-state index in [4.69, 9.17) is 4.74 Å². The summed E-state index contributed by atoms with van der Waals surface area (Å²) in [5, 5.41) is 3.95. The van der Waals surface area contributed by atoms with Gasteiger partial charge in [0.2, 0.25) is 5.91 Å². The van der Waals surface area contributed by atoms with Crippen molar-refractivity contribution < 1.29 is 14.3 Å². The first-order valence-corrected chi connectivity index (χ1v) is 12.5. The maximum atomic E-state index is 13.4.